The highest BCUT2D eigenvalue weighted by molar-refractivity contribution is 6.31. The molecular weight excluding hydrogens is 364 g/mol. The Bertz CT molecular complexity index is 986. The van der Waals surface area contributed by atoms with Crippen LogP contribution in [0.5, 0.6) is 0 Å². The first-order valence-electron chi connectivity index (χ1n) is 8.41. The van der Waals surface area contributed by atoms with Crippen LogP contribution in [0.25, 0.3) is 0 Å². The molecule has 0 aliphatic heterocycles. The molecule has 5 nitrogen and oxygen atoms in total. The highest BCUT2D eigenvalue weighted by Crippen LogP contribution is 2.19. The number of hydrogen-bond donors (Lipinski definition) is 1. The topological polar surface area (TPSA) is 60.3 Å². The van der Waals surface area contributed by atoms with Crippen LogP contribution in [0.1, 0.15) is 17.2 Å². The van der Waals surface area contributed by atoms with E-state index in [9.17, 15) is 9.59 Å². The number of halogens is 1. The van der Waals surface area contributed by atoms with Gasteiger partial charge in [0.25, 0.3) is 11.5 Å². The zero-order chi connectivity index (χ0) is 19.2. The van der Waals surface area contributed by atoms with E-state index in [4.69, 9.17) is 16.3 Å². The molecular formula is C21H19ClN2O3. The summed E-state index contributed by atoms with van der Waals surface area (Å²) in [6, 6.07) is 19.5. The number of pyridine rings is 1. The van der Waals surface area contributed by atoms with E-state index in [0.29, 0.717) is 17.3 Å². The lowest BCUT2D eigenvalue weighted by Crippen LogP contribution is -2.25. The normalized spacial score (nSPS) is 11.8. The van der Waals surface area contributed by atoms with E-state index < -0.39 is 6.10 Å². The molecule has 0 aliphatic rings. The molecule has 0 saturated carbocycles. The minimum absolute atomic E-state index is 0.181. The molecule has 0 radical (unpaired) electrons. The van der Waals surface area contributed by atoms with Crippen molar-refractivity contribution in [3.63, 3.8) is 0 Å². The fourth-order valence-electron chi connectivity index (χ4n) is 2.77. The second kappa shape index (κ2) is 8.66. The Hall–Kier alpha value is -2.89. The van der Waals surface area contributed by atoms with E-state index in [1.165, 1.54) is 17.7 Å². The number of carbonyl (C=O) groups is 1. The average molecular weight is 383 g/mol. The molecule has 27 heavy (non-hydrogen) atoms. The largest absolute Gasteiger partial charge is 0.367 e. The van der Waals surface area contributed by atoms with Gasteiger partial charge in [0.1, 0.15) is 0 Å². The zero-order valence-electron chi connectivity index (χ0n) is 14.8. The van der Waals surface area contributed by atoms with Crippen molar-refractivity contribution in [1.82, 2.24) is 4.57 Å². The highest BCUT2D eigenvalue weighted by atomic mass is 35.5. The number of rotatable bonds is 6. The van der Waals surface area contributed by atoms with E-state index in [1.807, 2.05) is 48.5 Å². The zero-order valence-corrected chi connectivity index (χ0v) is 15.5. The third kappa shape index (κ3) is 4.64. The van der Waals surface area contributed by atoms with Crippen LogP contribution in [0.4, 0.5) is 5.69 Å². The quantitative estimate of drug-likeness (QED) is 0.703. The third-order valence-corrected chi connectivity index (χ3v) is 4.49. The summed E-state index contributed by atoms with van der Waals surface area (Å²) in [4.78, 5) is 24.8. The second-order valence-electron chi connectivity index (χ2n) is 5.99. The number of amides is 1. The van der Waals surface area contributed by atoms with Crippen LogP contribution in [0.2, 0.25) is 5.02 Å². The number of anilines is 1. The van der Waals surface area contributed by atoms with Crippen molar-refractivity contribution in [2.75, 3.05) is 12.4 Å². The molecule has 1 aromatic heterocycles. The Morgan fingerprint density at radius 3 is 2.48 bits per heavy atom. The fourth-order valence-corrected chi connectivity index (χ4v) is 2.96. The SMILES string of the molecule is CO[C@H](C(=O)Nc1ccc(=O)n(Cc2ccccc2Cl)c1)c1ccccc1. The summed E-state index contributed by atoms with van der Waals surface area (Å²) in [7, 11) is 1.48. The second-order valence-corrected chi connectivity index (χ2v) is 6.40. The summed E-state index contributed by atoms with van der Waals surface area (Å²) in [5.74, 6) is -0.313. The molecule has 0 saturated heterocycles. The van der Waals surface area contributed by atoms with E-state index >= 15 is 0 Å². The van der Waals surface area contributed by atoms with Crippen LogP contribution in [0, 0.1) is 0 Å². The fraction of sp³-hybridized carbons (Fsp3) is 0.143. The van der Waals surface area contributed by atoms with E-state index in [-0.39, 0.29) is 11.5 Å². The number of benzene rings is 2. The summed E-state index contributed by atoms with van der Waals surface area (Å²) < 4.78 is 6.84. The van der Waals surface area contributed by atoms with Crippen LogP contribution >= 0.6 is 11.6 Å². The highest BCUT2D eigenvalue weighted by Gasteiger charge is 2.20. The van der Waals surface area contributed by atoms with Gasteiger partial charge >= 0.3 is 0 Å². The lowest BCUT2D eigenvalue weighted by molar-refractivity contribution is -0.126. The van der Waals surface area contributed by atoms with Crippen LogP contribution < -0.4 is 10.9 Å². The van der Waals surface area contributed by atoms with Gasteiger partial charge in [0.05, 0.1) is 12.2 Å². The number of ether oxygens (including phenoxy) is 1. The molecule has 3 rings (SSSR count). The first-order chi connectivity index (χ1) is 13.1. The van der Waals surface area contributed by atoms with Gasteiger partial charge in [-0.2, -0.15) is 0 Å². The summed E-state index contributed by atoms with van der Waals surface area (Å²) in [5, 5.41) is 3.39. The molecule has 2 aromatic carbocycles. The molecule has 3 aromatic rings. The first-order valence-corrected chi connectivity index (χ1v) is 8.79. The van der Waals surface area contributed by atoms with Crippen LogP contribution in [0.3, 0.4) is 0 Å². The molecule has 138 valence electrons. The minimum Gasteiger partial charge on any atom is -0.367 e. The number of aromatic nitrogens is 1. The number of carbonyl (C=O) groups excluding carboxylic acids is 1. The van der Waals surface area contributed by atoms with Gasteiger partial charge in [-0.25, -0.2) is 0 Å². The van der Waals surface area contributed by atoms with Gasteiger partial charge in [0.15, 0.2) is 6.10 Å². The van der Waals surface area contributed by atoms with Gasteiger partial charge in [0.2, 0.25) is 0 Å². The maximum absolute atomic E-state index is 12.6. The van der Waals surface area contributed by atoms with Crippen molar-refractivity contribution in [1.29, 1.82) is 0 Å². The maximum atomic E-state index is 12.6. The number of hydrogen-bond acceptors (Lipinski definition) is 3. The molecule has 0 unspecified atom stereocenters. The molecule has 1 amide bonds. The van der Waals surface area contributed by atoms with Gasteiger partial charge in [-0.15, -0.1) is 0 Å². The Labute approximate surface area is 162 Å². The van der Waals surface area contributed by atoms with Gasteiger partial charge < -0.3 is 14.6 Å². The van der Waals surface area contributed by atoms with Gasteiger partial charge in [-0.1, -0.05) is 60.1 Å². The summed E-state index contributed by atoms with van der Waals surface area (Å²) in [5.41, 5.74) is 1.90. The van der Waals surface area contributed by atoms with Crippen molar-refractivity contribution < 1.29 is 9.53 Å². The summed E-state index contributed by atoms with van der Waals surface area (Å²) in [6.07, 6.45) is 0.858. The number of methoxy groups -OCH3 is 1. The first kappa shape index (κ1) is 18.9. The summed E-state index contributed by atoms with van der Waals surface area (Å²) >= 11 is 6.18. The van der Waals surface area contributed by atoms with Crippen LogP contribution in [-0.2, 0) is 16.1 Å². The Morgan fingerprint density at radius 2 is 1.78 bits per heavy atom. The van der Waals surface area contributed by atoms with Crippen molar-refractivity contribution >= 4 is 23.2 Å². The van der Waals surface area contributed by atoms with Gasteiger partial charge in [-0.3, -0.25) is 9.59 Å². The molecule has 0 spiro atoms. The molecule has 0 fully saturated rings. The standard InChI is InChI=1S/C21H19ClN2O3/c1-27-20(15-7-3-2-4-8-15)21(26)23-17-11-12-19(25)24(14-17)13-16-9-5-6-10-18(16)22/h2-12,14,20H,13H2,1H3,(H,23,26)/t20-/m0/s1. The third-order valence-electron chi connectivity index (χ3n) is 4.13. The molecule has 1 N–H and O–H groups in total. The minimum atomic E-state index is -0.741. The van der Waals surface area contributed by atoms with Crippen molar-refractivity contribution in [2.24, 2.45) is 0 Å². The molecule has 1 atom stereocenters. The maximum Gasteiger partial charge on any atom is 0.258 e. The summed E-state index contributed by atoms with van der Waals surface area (Å²) in [6.45, 7) is 0.314. The lowest BCUT2D eigenvalue weighted by Gasteiger charge is -2.16. The predicted molar refractivity (Wildman–Crippen MR) is 106 cm³/mol. The molecule has 1 heterocycles. The molecule has 6 heteroatoms. The monoisotopic (exact) mass is 382 g/mol. The van der Waals surface area contributed by atoms with Crippen LogP contribution in [-0.4, -0.2) is 17.6 Å². The average Bonchev–Trinajstić information content (AvgIpc) is 2.67. The van der Waals surface area contributed by atoms with Crippen molar-refractivity contribution in [2.45, 2.75) is 12.6 Å². The van der Waals surface area contributed by atoms with E-state index in [1.54, 1.807) is 18.3 Å². The number of nitrogens with one attached hydrogen (secondary N) is 1. The van der Waals surface area contributed by atoms with E-state index in [2.05, 4.69) is 5.32 Å². The smallest absolute Gasteiger partial charge is 0.258 e. The lowest BCUT2D eigenvalue weighted by atomic mass is 10.1. The van der Waals surface area contributed by atoms with E-state index in [0.717, 1.165) is 11.1 Å². The Balaban J connectivity index is 1.80. The molecule has 0 aliphatic carbocycles. The van der Waals surface area contributed by atoms with Crippen molar-refractivity contribution in [3.05, 3.63) is 99.4 Å². The van der Waals surface area contributed by atoms with Gasteiger partial charge in [-0.05, 0) is 23.3 Å². The number of nitrogens with zero attached hydrogens (tertiary/aromatic N) is 1. The molecule has 0 bridgehead atoms. The van der Waals surface area contributed by atoms with Crippen LogP contribution in [0.15, 0.2) is 77.7 Å². The van der Waals surface area contributed by atoms with Crippen molar-refractivity contribution in [3.8, 4) is 0 Å². The Kier molecular flexibility index (Phi) is 6.06. The Morgan fingerprint density at radius 1 is 1.07 bits per heavy atom. The predicted octanol–water partition coefficient (Wildman–Crippen LogP) is 3.88. The van der Waals surface area contributed by atoms with Gasteiger partial charge in [0, 0.05) is 24.4 Å².